The summed E-state index contributed by atoms with van der Waals surface area (Å²) >= 11 is 0. The second-order valence-electron chi connectivity index (χ2n) is 7.76. The van der Waals surface area contributed by atoms with E-state index in [9.17, 15) is 9.18 Å². The summed E-state index contributed by atoms with van der Waals surface area (Å²) in [5.41, 5.74) is 2.45. The first-order chi connectivity index (χ1) is 14.0. The van der Waals surface area contributed by atoms with E-state index in [4.69, 9.17) is 0 Å². The fraction of sp³-hybridized carbons (Fsp3) is 0.409. The molecule has 0 saturated carbocycles. The Labute approximate surface area is 169 Å². The van der Waals surface area contributed by atoms with Crippen molar-refractivity contribution in [1.29, 1.82) is 0 Å². The minimum Gasteiger partial charge on any atom is -0.340 e. The molecule has 0 aliphatic carbocycles. The van der Waals surface area contributed by atoms with Crippen LogP contribution in [0, 0.1) is 5.82 Å². The molecule has 7 heteroatoms. The van der Waals surface area contributed by atoms with E-state index >= 15 is 0 Å². The molecule has 152 valence electrons. The Hall–Kier alpha value is -2.80. The predicted octanol–water partition coefficient (Wildman–Crippen LogP) is 3.42. The van der Waals surface area contributed by atoms with Gasteiger partial charge in [-0.05, 0) is 51.6 Å². The lowest BCUT2D eigenvalue weighted by atomic mass is 10.0. The molecule has 1 amide bonds. The number of hydrogen-bond acceptors (Lipinski definition) is 4. The lowest BCUT2D eigenvalue weighted by molar-refractivity contribution is 0.0763. The van der Waals surface area contributed by atoms with Gasteiger partial charge in [0.25, 0.3) is 5.91 Å². The lowest BCUT2D eigenvalue weighted by Crippen LogP contribution is -2.39. The van der Waals surface area contributed by atoms with Crippen LogP contribution in [0.1, 0.15) is 30.1 Å². The molecular weight excluding hydrogens is 369 g/mol. The van der Waals surface area contributed by atoms with Crippen LogP contribution in [0.4, 0.5) is 4.39 Å². The number of likely N-dealkylation sites (N-methyl/N-ethyl adjacent to an activating group) is 2. The fourth-order valence-corrected chi connectivity index (χ4v) is 4.01. The van der Waals surface area contributed by atoms with Crippen LogP contribution >= 0.6 is 0 Å². The Kier molecular flexibility index (Phi) is 5.32. The molecule has 0 radical (unpaired) electrons. The van der Waals surface area contributed by atoms with Gasteiger partial charge in [-0.3, -0.25) is 9.48 Å². The van der Waals surface area contributed by atoms with Gasteiger partial charge < -0.3 is 9.80 Å². The minimum atomic E-state index is -0.370. The molecule has 6 nitrogen and oxygen atoms in total. The van der Waals surface area contributed by atoms with Crippen LogP contribution in [0.5, 0.6) is 0 Å². The Morgan fingerprint density at radius 3 is 2.86 bits per heavy atom. The van der Waals surface area contributed by atoms with Crippen molar-refractivity contribution in [3.8, 4) is 11.3 Å². The van der Waals surface area contributed by atoms with Crippen molar-refractivity contribution in [2.75, 3.05) is 27.2 Å². The number of aromatic nitrogens is 3. The van der Waals surface area contributed by atoms with E-state index in [-0.39, 0.29) is 11.7 Å². The molecule has 4 rings (SSSR count). The second-order valence-corrected chi connectivity index (χ2v) is 7.76. The summed E-state index contributed by atoms with van der Waals surface area (Å²) in [6.45, 7) is 4.48. The molecule has 2 aromatic heterocycles. The Morgan fingerprint density at radius 1 is 1.34 bits per heavy atom. The highest BCUT2D eigenvalue weighted by atomic mass is 19.1. The topological polar surface area (TPSA) is 54.3 Å². The zero-order valence-electron chi connectivity index (χ0n) is 17.1. The van der Waals surface area contributed by atoms with E-state index < -0.39 is 0 Å². The van der Waals surface area contributed by atoms with E-state index in [2.05, 4.69) is 22.0 Å². The Balaban J connectivity index is 1.74. The third-order valence-corrected chi connectivity index (χ3v) is 5.76. The van der Waals surface area contributed by atoms with E-state index in [0.717, 1.165) is 31.5 Å². The van der Waals surface area contributed by atoms with Crippen LogP contribution < -0.4 is 0 Å². The van der Waals surface area contributed by atoms with Crippen LogP contribution in [0.25, 0.3) is 22.2 Å². The molecule has 0 bridgehead atoms. The monoisotopic (exact) mass is 395 g/mol. The number of carbonyl (C=O) groups is 1. The predicted molar refractivity (Wildman–Crippen MR) is 111 cm³/mol. The van der Waals surface area contributed by atoms with E-state index in [1.807, 2.05) is 20.2 Å². The van der Waals surface area contributed by atoms with Crippen molar-refractivity contribution in [3.05, 3.63) is 48.0 Å². The van der Waals surface area contributed by atoms with Gasteiger partial charge in [-0.15, -0.1) is 0 Å². The average Bonchev–Trinajstić information content (AvgIpc) is 3.35. The molecule has 1 fully saturated rings. The summed E-state index contributed by atoms with van der Waals surface area (Å²) < 4.78 is 15.7. The summed E-state index contributed by atoms with van der Waals surface area (Å²) in [7, 11) is 3.93. The molecular formula is C22H26FN5O. The van der Waals surface area contributed by atoms with Gasteiger partial charge in [0.05, 0.1) is 23.0 Å². The number of nitrogens with zero attached hydrogens (tertiary/aromatic N) is 5. The number of carbonyl (C=O) groups excluding carboxylic acids is 1. The quantitative estimate of drug-likeness (QED) is 0.664. The number of rotatable bonds is 5. The third kappa shape index (κ3) is 3.87. The normalized spacial score (nSPS) is 17.2. The number of amides is 1. The number of likely N-dealkylation sites (tertiary alicyclic amines) is 1. The van der Waals surface area contributed by atoms with Gasteiger partial charge in [0.15, 0.2) is 0 Å². The molecule has 0 N–H and O–H groups in total. The maximum absolute atomic E-state index is 13.9. The number of halogens is 1. The van der Waals surface area contributed by atoms with Crippen molar-refractivity contribution >= 4 is 16.8 Å². The van der Waals surface area contributed by atoms with E-state index in [0.29, 0.717) is 34.7 Å². The number of fused-ring (bicyclic) bond motifs is 1. The Morgan fingerprint density at radius 2 is 2.17 bits per heavy atom. The summed E-state index contributed by atoms with van der Waals surface area (Å²) in [6.07, 6.45) is 5.87. The summed E-state index contributed by atoms with van der Waals surface area (Å²) in [6, 6.07) is 6.57. The second kappa shape index (κ2) is 7.91. The zero-order valence-corrected chi connectivity index (χ0v) is 17.1. The fourth-order valence-electron chi connectivity index (χ4n) is 4.01. The number of hydrogen-bond donors (Lipinski definition) is 0. The van der Waals surface area contributed by atoms with Crippen molar-refractivity contribution in [2.45, 2.75) is 32.4 Å². The molecule has 3 heterocycles. The first-order valence-electron chi connectivity index (χ1n) is 10.0. The smallest absolute Gasteiger partial charge is 0.254 e. The summed E-state index contributed by atoms with van der Waals surface area (Å²) in [5.74, 6) is -0.445. The molecule has 1 aromatic carbocycles. The Bertz CT molecular complexity index is 1050. The maximum Gasteiger partial charge on any atom is 0.254 e. The highest BCUT2D eigenvalue weighted by Gasteiger charge is 2.25. The van der Waals surface area contributed by atoms with E-state index in [1.54, 1.807) is 27.9 Å². The molecule has 1 unspecified atom stereocenters. The van der Waals surface area contributed by atoms with Crippen molar-refractivity contribution in [2.24, 2.45) is 0 Å². The first-order valence-corrected chi connectivity index (χ1v) is 10.0. The van der Waals surface area contributed by atoms with Gasteiger partial charge in [0.2, 0.25) is 0 Å². The van der Waals surface area contributed by atoms with Gasteiger partial charge in [0, 0.05) is 49.4 Å². The molecule has 1 saturated heterocycles. The summed E-state index contributed by atoms with van der Waals surface area (Å²) in [4.78, 5) is 22.0. The minimum absolute atomic E-state index is 0.0755. The molecule has 29 heavy (non-hydrogen) atoms. The van der Waals surface area contributed by atoms with Crippen LogP contribution in [-0.2, 0) is 6.54 Å². The highest BCUT2D eigenvalue weighted by molar-refractivity contribution is 6.07. The van der Waals surface area contributed by atoms with Crippen LogP contribution in [0.2, 0.25) is 0 Å². The number of aryl methyl sites for hydroxylation is 1. The van der Waals surface area contributed by atoms with Crippen LogP contribution in [0.15, 0.2) is 36.7 Å². The third-order valence-electron chi connectivity index (χ3n) is 5.76. The molecule has 1 aliphatic rings. The van der Waals surface area contributed by atoms with E-state index in [1.165, 1.54) is 12.1 Å². The zero-order chi connectivity index (χ0) is 20.5. The van der Waals surface area contributed by atoms with Crippen molar-refractivity contribution in [3.63, 3.8) is 0 Å². The SMILES string of the molecule is CCn1cc(-c2cc(C(=O)N(C)CC3CCCN3C)c3ccc(F)cc3n2)cn1. The van der Waals surface area contributed by atoms with Gasteiger partial charge in [0.1, 0.15) is 5.82 Å². The lowest BCUT2D eigenvalue weighted by Gasteiger charge is -2.26. The van der Waals surface area contributed by atoms with Gasteiger partial charge in [-0.1, -0.05) is 0 Å². The maximum atomic E-state index is 13.9. The molecule has 1 atom stereocenters. The van der Waals surface area contributed by atoms with Gasteiger partial charge in [-0.25, -0.2) is 9.37 Å². The average molecular weight is 395 g/mol. The highest BCUT2D eigenvalue weighted by Crippen LogP contribution is 2.27. The molecule has 3 aromatic rings. The molecule has 1 aliphatic heterocycles. The van der Waals surface area contributed by atoms with Crippen LogP contribution in [-0.4, -0.2) is 63.7 Å². The largest absolute Gasteiger partial charge is 0.340 e. The standard InChI is InChI=1S/C22H26FN5O/c1-4-28-13-15(12-24-28)20-11-19(18-8-7-16(23)10-21(18)25-20)22(29)27(3)14-17-6-5-9-26(17)2/h7-8,10-13,17H,4-6,9,14H2,1-3H3. The summed E-state index contributed by atoms with van der Waals surface area (Å²) in [5, 5.41) is 4.96. The van der Waals surface area contributed by atoms with Crippen LogP contribution in [0.3, 0.4) is 0 Å². The number of pyridine rings is 1. The van der Waals surface area contributed by atoms with Gasteiger partial charge >= 0.3 is 0 Å². The van der Waals surface area contributed by atoms with Crippen molar-refractivity contribution in [1.82, 2.24) is 24.6 Å². The molecule has 0 spiro atoms. The first kappa shape index (κ1) is 19.5. The van der Waals surface area contributed by atoms with Crippen molar-refractivity contribution < 1.29 is 9.18 Å². The number of benzene rings is 1. The van der Waals surface area contributed by atoms with Gasteiger partial charge in [-0.2, -0.15) is 5.10 Å².